The van der Waals surface area contributed by atoms with E-state index in [9.17, 15) is 0 Å². The first-order valence-corrected chi connectivity index (χ1v) is 12.0. The van der Waals surface area contributed by atoms with Gasteiger partial charge in [-0.25, -0.2) is 0 Å². The molecule has 158 valence electrons. The highest BCUT2D eigenvalue weighted by Gasteiger charge is 1.95. The summed E-state index contributed by atoms with van der Waals surface area (Å²) in [5, 5.41) is 6.98. The van der Waals surface area contributed by atoms with Gasteiger partial charge < -0.3 is 16.4 Å². The fourth-order valence-electron chi connectivity index (χ4n) is 3.44. The van der Waals surface area contributed by atoms with E-state index >= 15 is 0 Å². The molecule has 0 unspecified atom stereocenters. The molecule has 0 aliphatic carbocycles. The van der Waals surface area contributed by atoms with Crippen LogP contribution in [0.15, 0.2) is 0 Å². The van der Waals surface area contributed by atoms with E-state index < -0.39 is 0 Å². The maximum absolute atomic E-state index is 5.46. The van der Waals surface area contributed by atoms with Gasteiger partial charge in [0, 0.05) is 0 Å². The quantitative estimate of drug-likeness (QED) is 0.200. The van der Waals surface area contributed by atoms with Crippen LogP contribution in [0, 0.1) is 0 Å². The molecule has 26 heavy (non-hydrogen) atoms. The molecule has 3 nitrogen and oxygen atoms in total. The van der Waals surface area contributed by atoms with Gasteiger partial charge in [-0.1, -0.05) is 96.8 Å². The average Bonchev–Trinajstić information content (AvgIpc) is 2.66. The lowest BCUT2D eigenvalue weighted by atomic mass is 10.0. The summed E-state index contributed by atoms with van der Waals surface area (Å²) in [4.78, 5) is 0. The Morgan fingerprint density at radius 2 is 0.769 bits per heavy atom. The summed E-state index contributed by atoms with van der Waals surface area (Å²) in [7, 11) is 0. The molecule has 0 heterocycles. The van der Waals surface area contributed by atoms with Crippen molar-refractivity contribution in [1.29, 1.82) is 0 Å². The van der Waals surface area contributed by atoms with E-state index in [1.807, 2.05) is 0 Å². The molecule has 0 saturated heterocycles. The first-order chi connectivity index (χ1) is 12.9. The summed E-state index contributed by atoms with van der Waals surface area (Å²) in [6.07, 6.45) is 23.9. The van der Waals surface area contributed by atoms with Crippen molar-refractivity contribution in [2.45, 2.75) is 116 Å². The van der Waals surface area contributed by atoms with Crippen LogP contribution in [0.25, 0.3) is 0 Å². The highest BCUT2D eigenvalue weighted by atomic mass is 14.9. The molecule has 4 N–H and O–H groups in total. The van der Waals surface area contributed by atoms with E-state index in [0.29, 0.717) is 0 Å². The number of rotatable bonds is 23. The fourth-order valence-corrected chi connectivity index (χ4v) is 3.44. The predicted molar refractivity (Wildman–Crippen MR) is 119 cm³/mol. The number of hydrogen-bond acceptors (Lipinski definition) is 3. The Balaban J connectivity index is 2.95. The monoisotopic (exact) mass is 369 g/mol. The van der Waals surface area contributed by atoms with Gasteiger partial charge in [-0.15, -0.1) is 0 Å². The second kappa shape index (κ2) is 24.9. The number of nitrogens with two attached hydrogens (primary N) is 1. The van der Waals surface area contributed by atoms with E-state index in [4.69, 9.17) is 5.73 Å². The van der Waals surface area contributed by atoms with Crippen LogP contribution in [0.5, 0.6) is 0 Å². The van der Waals surface area contributed by atoms with Gasteiger partial charge in [-0.3, -0.25) is 0 Å². The van der Waals surface area contributed by atoms with Gasteiger partial charge in [0.2, 0.25) is 0 Å². The fraction of sp³-hybridized carbons (Fsp3) is 1.00. The van der Waals surface area contributed by atoms with E-state index in [0.717, 1.165) is 32.6 Å². The average molecular weight is 370 g/mol. The van der Waals surface area contributed by atoms with Crippen molar-refractivity contribution in [2.75, 3.05) is 32.7 Å². The van der Waals surface area contributed by atoms with Gasteiger partial charge in [0.1, 0.15) is 0 Å². The topological polar surface area (TPSA) is 50.1 Å². The van der Waals surface area contributed by atoms with Crippen molar-refractivity contribution in [3.63, 3.8) is 0 Å². The third-order valence-corrected chi connectivity index (χ3v) is 5.22. The minimum absolute atomic E-state index is 0.796. The van der Waals surface area contributed by atoms with Crippen molar-refractivity contribution >= 4 is 0 Å². The summed E-state index contributed by atoms with van der Waals surface area (Å²) >= 11 is 0. The minimum Gasteiger partial charge on any atom is -0.330 e. The predicted octanol–water partition coefficient (Wildman–Crippen LogP) is 5.78. The second-order valence-electron chi connectivity index (χ2n) is 7.95. The molecule has 0 spiro atoms. The summed E-state index contributed by atoms with van der Waals surface area (Å²) in [6.45, 7) is 7.62. The summed E-state index contributed by atoms with van der Waals surface area (Å²) < 4.78 is 0. The highest BCUT2D eigenvalue weighted by molar-refractivity contribution is 4.54. The van der Waals surface area contributed by atoms with Gasteiger partial charge >= 0.3 is 0 Å². The standard InChI is InChI=1S/C23H51N3/c1-2-3-4-5-6-7-8-9-10-11-12-13-14-15-16-20-25-22-18-23-26-21-17-19-24/h25-26H,2-24H2,1H3. The second-order valence-corrected chi connectivity index (χ2v) is 7.95. The Morgan fingerprint density at radius 3 is 1.19 bits per heavy atom. The summed E-state index contributed by atoms with van der Waals surface area (Å²) in [5.74, 6) is 0. The molecule has 0 aliphatic heterocycles. The van der Waals surface area contributed by atoms with E-state index in [-0.39, 0.29) is 0 Å². The smallest absolute Gasteiger partial charge is 0.00368 e. The largest absolute Gasteiger partial charge is 0.330 e. The minimum atomic E-state index is 0.796. The Kier molecular flexibility index (Phi) is 24.8. The normalized spacial score (nSPS) is 11.3. The van der Waals surface area contributed by atoms with Gasteiger partial charge in [0.05, 0.1) is 0 Å². The van der Waals surface area contributed by atoms with Crippen molar-refractivity contribution in [1.82, 2.24) is 10.6 Å². The van der Waals surface area contributed by atoms with Crippen LogP contribution in [0.4, 0.5) is 0 Å². The zero-order valence-corrected chi connectivity index (χ0v) is 18.1. The molecule has 0 aromatic rings. The Hall–Kier alpha value is -0.120. The van der Waals surface area contributed by atoms with Crippen molar-refractivity contribution in [3.8, 4) is 0 Å². The number of hydrogen-bond donors (Lipinski definition) is 3. The van der Waals surface area contributed by atoms with Crippen molar-refractivity contribution in [3.05, 3.63) is 0 Å². The third-order valence-electron chi connectivity index (χ3n) is 5.22. The maximum Gasteiger partial charge on any atom is -0.00368 e. The molecule has 3 heteroatoms. The molecule has 0 atom stereocenters. The maximum atomic E-state index is 5.46. The van der Waals surface area contributed by atoms with Crippen LogP contribution in [0.2, 0.25) is 0 Å². The highest BCUT2D eigenvalue weighted by Crippen LogP contribution is 2.13. The molecule has 0 amide bonds. The van der Waals surface area contributed by atoms with Gasteiger partial charge in [0.25, 0.3) is 0 Å². The lowest BCUT2D eigenvalue weighted by Crippen LogP contribution is -2.24. The van der Waals surface area contributed by atoms with Crippen LogP contribution in [0.1, 0.15) is 116 Å². The van der Waals surface area contributed by atoms with Gasteiger partial charge in [-0.05, 0) is 52.0 Å². The van der Waals surface area contributed by atoms with Crippen LogP contribution < -0.4 is 16.4 Å². The van der Waals surface area contributed by atoms with Gasteiger partial charge in [-0.2, -0.15) is 0 Å². The molecule has 0 rings (SSSR count). The Morgan fingerprint density at radius 1 is 0.423 bits per heavy atom. The van der Waals surface area contributed by atoms with Crippen LogP contribution in [-0.2, 0) is 0 Å². The van der Waals surface area contributed by atoms with Crippen LogP contribution >= 0.6 is 0 Å². The zero-order chi connectivity index (χ0) is 19.0. The molecule has 0 saturated carbocycles. The Bertz CT molecular complexity index is 209. The zero-order valence-electron chi connectivity index (χ0n) is 18.1. The summed E-state index contributed by atoms with van der Waals surface area (Å²) in [6, 6.07) is 0. The van der Waals surface area contributed by atoms with E-state index in [2.05, 4.69) is 17.6 Å². The SMILES string of the molecule is CCCCCCCCCCCCCCCCCNCCCNCCCN. The number of nitrogens with one attached hydrogen (secondary N) is 2. The molecule has 0 radical (unpaired) electrons. The van der Waals surface area contributed by atoms with Crippen LogP contribution in [0.3, 0.4) is 0 Å². The first-order valence-electron chi connectivity index (χ1n) is 12.0. The van der Waals surface area contributed by atoms with Crippen LogP contribution in [-0.4, -0.2) is 32.7 Å². The van der Waals surface area contributed by atoms with Crippen molar-refractivity contribution < 1.29 is 0 Å². The molecule has 0 aromatic carbocycles. The molecular formula is C23H51N3. The molecular weight excluding hydrogens is 318 g/mol. The molecule has 0 bridgehead atoms. The molecule has 0 aliphatic rings. The lowest BCUT2D eigenvalue weighted by Gasteiger charge is -2.06. The lowest BCUT2D eigenvalue weighted by molar-refractivity contribution is 0.524. The van der Waals surface area contributed by atoms with E-state index in [1.54, 1.807) is 0 Å². The van der Waals surface area contributed by atoms with E-state index in [1.165, 1.54) is 109 Å². The summed E-state index contributed by atoms with van der Waals surface area (Å²) in [5.41, 5.74) is 5.46. The molecule has 0 aromatic heterocycles. The third kappa shape index (κ3) is 23.9. The Labute approximate surface area is 165 Å². The molecule has 0 fully saturated rings. The first kappa shape index (κ1) is 25.9. The number of unbranched alkanes of at least 4 members (excludes halogenated alkanes) is 14. The van der Waals surface area contributed by atoms with Gasteiger partial charge in [0.15, 0.2) is 0 Å². The van der Waals surface area contributed by atoms with Crippen molar-refractivity contribution in [2.24, 2.45) is 5.73 Å².